The largest absolute Gasteiger partial charge is 0.493 e. The molecular formula is C21H22O7. The van der Waals surface area contributed by atoms with E-state index < -0.39 is 12.6 Å². The van der Waals surface area contributed by atoms with Crippen LogP contribution in [0.5, 0.6) is 23.0 Å². The Labute approximate surface area is 163 Å². The Morgan fingerprint density at radius 1 is 0.929 bits per heavy atom. The van der Waals surface area contributed by atoms with Crippen molar-refractivity contribution in [2.24, 2.45) is 0 Å². The average Bonchev–Trinajstić information content (AvgIpc) is 2.71. The first-order chi connectivity index (χ1) is 13.5. The van der Waals surface area contributed by atoms with Gasteiger partial charge in [0.2, 0.25) is 0 Å². The van der Waals surface area contributed by atoms with Crippen molar-refractivity contribution in [3.05, 3.63) is 53.6 Å². The van der Waals surface area contributed by atoms with Crippen LogP contribution in [0, 0.1) is 0 Å². The second-order valence-corrected chi connectivity index (χ2v) is 5.59. The van der Waals surface area contributed by atoms with Gasteiger partial charge in [0.1, 0.15) is 0 Å². The Kier molecular flexibility index (Phi) is 7.45. The number of benzene rings is 2. The minimum absolute atomic E-state index is 0.240. The summed E-state index contributed by atoms with van der Waals surface area (Å²) in [5.74, 6) is 0.407. The highest BCUT2D eigenvalue weighted by Crippen LogP contribution is 2.30. The molecule has 0 unspecified atom stereocenters. The maximum Gasteiger partial charge on any atom is 0.341 e. The molecule has 0 radical (unpaired) electrons. The number of aliphatic carboxylic acids is 1. The summed E-state index contributed by atoms with van der Waals surface area (Å²) in [6.45, 7) is 1.92. The highest BCUT2D eigenvalue weighted by atomic mass is 16.5. The van der Waals surface area contributed by atoms with Crippen LogP contribution in [0.4, 0.5) is 0 Å². The van der Waals surface area contributed by atoms with E-state index in [9.17, 15) is 9.59 Å². The number of ketones is 1. The third-order valence-corrected chi connectivity index (χ3v) is 3.71. The molecule has 0 aliphatic carbocycles. The fourth-order valence-corrected chi connectivity index (χ4v) is 2.41. The minimum atomic E-state index is -1.10. The second kappa shape index (κ2) is 10.0. The molecule has 0 aromatic heterocycles. The maximum absolute atomic E-state index is 12.5. The molecule has 7 heteroatoms. The fraction of sp³-hybridized carbons (Fsp3) is 0.238. The zero-order chi connectivity index (χ0) is 20.5. The molecule has 2 aromatic carbocycles. The first-order valence-corrected chi connectivity index (χ1v) is 8.54. The molecule has 0 amide bonds. The van der Waals surface area contributed by atoms with Crippen molar-refractivity contribution in [1.82, 2.24) is 0 Å². The highest BCUT2D eigenvalue weighted by Gasteiger charge is 2.11. The number of carboxylic acid groups (broad SMARTS) is 1. The molecular weight excluding hydrogens is 364 g/mol. The Bertz CT molecular complexity index is 871. The van der Waals surface area contributed by atoms with Crippen molar-refractivity contribution in [3.8, 4) is 23.0 Å². The zero-order valence-electron chi connectivity index (χ0n) is 15.9. The van der Waals surface area contributed by atoms with E-state index in [-0.39, 0.29) is 17.3 Å². The molecule has 148 valence electrons. The number of hydrogen-bond acceptors (Lipinski definition) is 6. The van der Waals surface area contributed by atoms with Gasteiger partial charge in [-0.3, -0.25) is 4.79 Å². The molecule has 0 spiro atoms. The van der Waals surface area contributed by atoms with E-state index in [4.69, 9.17) is 24.1 Å². The zero-order valence-corrected chi connectivity index (χ0v) is 15.9. The maximum atomic E-state index is 12.5. The van der Waals surface area contributed by atoms with Crippen molar-refractivity contribution in [3.63, 3.8) is 0 Å². The van der Waals surface area contributed by atoms with Gasteiger partial charge in [0.15, 0.2) is 35.4 Å². The molecule has 0 heterocycles. The Morgan fingerprint density at radius 3 is 2.21 bits per heavy atom. The molecule has 7 nitrogen and oxygen atoms in total. The van der Waals surface area contributed by atoms with Gasteiger partial charge >= 0.3 is 5.97 Å². The fourth-order valence-electron chi connectivity index (χ4n) is 2.41. The van der Waals surface area contributed by atoms with E-state index in [0.29, 0.717) is 23.7 Å². The van der Waals surface area contributed by atoms with Crippen LogP contribution >= 0.6 is 0 Å². The van der Waals surface area contributed by atoms with E-state index >= 15 is 0 Å². The normalized spacial score (nSPS) is 10.5. The van der Waals surface area contributed by atoms with Crippen molar-refractivity contribution in [2.75, 3.05) is 27.4 Å². The smallest absolute Gasteiger partial charge is 0.341 e. The van der Waals surface area contributed by atoms with Crippen LogP contribution in [-0.2, 0) is 4.79 Å². The third kappa shape index (κ3) is 5.51. The molecule has 1 N–H and O–H groups in total. The van der Waals surface area contributed by atoms with Crippen LogP contribution in [0.3, 0.4) is 0 Å². The molecule has 0 atom stereocenters. The third-order valence-electron chi connectivity index (χ3n) is 3.71. The van der Waals surface area contributed by atoms with Gasteiger partial charge in [-0.2, -0.15) is 0 Å². The van der Waals surface area contributed by atoms with Crippen molar-refractivity contribution in [2.45, 2.75) is 6.92 Å². The first kappa shape index (κ1) is 20.8. The molecule has 0 aliphatic rings. The lowest BCUT2D eigenvalue weighted by Gasteiger charge is -2.10. The number of carbonyl (C=O) groups is 2. The van der Waals surface area contributed by atoms with Crippen LogP contribution in [-0.4, -0.2) is 44.3 Å². The predicted octanol–water partition coefficient (Wildman–Crippen LogP) is 3.46. The van der Waals surface area contributed by atoms with Crippen LogP contribution in [0.25, 0.3) is 6.08 Å². The summed E-state index contributed by atoms with van der Waals surface area (Å²) in [7, 11) is 2.97. The number of carbonyl (C=O) groups excluding carboxylic acids is 1. The van der Waals surface area contributed by atoms with Crippen molar-refractivity contribution >= 4 is 17.8 Å². The molecule has 28 heavy (non-hydrogen) atoms. The van der Waals surface area contributed by atoms with Gasteiger partial charge in [-0.1, -0.05) is 12.1 Å². The summed E-state index contributed by atoms with van der Waals surface area (Å²) in [5, 5.41) is 8.70. The van der Waals surface area contributed by atoms with Gasteiger partial charge in [-0.15, -0.1) is 0 Å². The summed E-state index contributed by atoms with van der Waals surface area (Å²) in [6, 6.07) is 9.93. The number of allylic oxidation sites excluding steroid dienone is 1. The van der Waals surface area contributed by atoms with Gasteiger partial charge < -0.3 is 24.1 Å². The predicted molar refractivity (Wildman–Crippen MR) is 104 cm³/mol. The van der Waals surface area contributed by atoms with Gasteiger partial charge in [-0.05, 0) is 48.9 Å². The van der Waals surface area contributed by atoms with Gasteiger partial charge in [0, 0.05) is 5.56 Å². The quantitative estimate of drug-likeness (QED) is 0.494. The Morgan fingerprint density at radius 2 is 1.57 bits per heavy atom. The summed E-state index contributed by atoms with van der Waals surface area (Å²) in [6.07, 6.45) is 3.10. The second-order valence-electron chi connectivity index (χ2n) is 5.59. The van der Waals surface area contributed by atoms with E-state index in [1.807, 2.05) is 13.0 Å². The molecule has 0 saturated carbocycles. The monoisotopic (exact) mass is 386 g/mol. The van der Waals surface area contributed by atoms with Crippen LogP contribution in [0.15, 0.2) is 42.5 Å². The van der Waals surface area contributed by atoms with E-state index in [0.717, 1.165) is 5.56 Å². The van der Waals surface area contributed by atoms with Crippen LogP contribution in [0.2, 0.25) is 0 Å². The number of hydrogen-bond donors (Lipinski definition) is 1. The van der Waals surface area contributed by atoms with Crippen molar-refractivity contribution in [1.29, 1.82) is 0 Å². The van der Waals surface area contributed by atoms with E-state index in [1.165, 1.54) is 25.3 Å². The summed E-state index contributed by atoms with van der Waals surface area (Å²) in [5.41, 5.74) is 1.16. The van der Waals surface area contributed by atoms with E-state index in [2.05, 4.69) is 0 Å². The number of carboxylic acids is 1. The topological polar surface area (TPSA) is 91.3 Å². The molecule has 0 fully saturated rings. The highest BCUT2D eigenvalue weighted by molar-refractivity contribution is 6.07. The SMILES string of the molecule is CCOc1ccc(/C=C/C(=O)c2ccc(OCC(=O)O)c(OC)c2)cc1OC. The van der Waals surface area contributed by atoms with Crippen LogP contribution < -0.4 is 18.9 Å². The lowest BCUT2D eigenvalue weighted by atomic mass is 10.1. The number of rotatable bonds is 10. The lowest BCUT2D eigenvalue weighted by Crippen LogP contribution is -2.10. The first-order valence-electron chi connectivity index (χ1n) is 8.54. The minimum Gasteiger partial charge on any atom is -0.493 e. The average molecular weight is 386 g/mol. The summed E-state index contributed by atoms with van der Waals surface area (Å²) in [4.78, 5) is 23.1. The molecule has 2 rings (SSSR count). The van der Waals surface area contributed by atoms with E-state index in [1.54, 1.807) is 31.4 Å². The van der Waals surface area contributed by atoms with Gasteiger partial charge in [-0.25, -0.2) is 4.79 Å². The van der Waals surface area contributed by atoms with Crippen molar-refractivity contribution < 1.29 is 33.6 Å². The van der Waals surface area contributed by atoms with Crippen LogP contribution in [0.1, 0.15) is 22.8 Å². The number of ether oxygens (including phenoxy) is 4. The van der Waals surface area contributed by atoms with Gasteiger partial charge in [0.05, 0.1) is 20.8 Å². The molecule has 2 aromatic rings. The van der Waals surface area contributed by atoms with Gasteiger partial charge in [0.25, 0.3) is 0 Å². The Hall–Kier alpha value is -3.48. The summed E-state index contributed by atoms with van der Waals surface area (Å²) >= 11 is 0. The molecule has 0 saturated heterocycles. The lowest BCUT2D eigenvalue weighted by molar-refractivity contribution is -0.139. The molecule has 0 bridgehead atoms. The Balaban J connectivity index is 2.16. The molecule has 0 aliphatic heterocycles. The number of methoxy groups -OCH3 is 2. The summed E-state index contributed by atoms with van der Waals surface area (Å²) < 4.78 is 21.1. The standard InChI is InChI=1S/C21H22O7/c1-4-27-17-9-6-14(11-19(17)25-2)5-8-16(22)15-7-10-18(20(12-15)26-3)28-13-21(23)24/h5-12H,4,13H2,1-3H3,(H,23,24)/b8-5+.